The van der Waals surface area contributed by atoms with E-state index in [4.69, 9.17) is 9.26 Å². The van der Waals surface area contributed by atoms with E-state index in [2.05, 4.69) is 10.1 Å². The van der Waals surface area contributed by atoms with Gasteiger partial charge in [0.2, 0.25) is 11.7 Å². The molecule has 1 saturated heterocycles. The summed E-state index contributed by atoms with van der Waals surface area (Å²) in [5.41, 5.74) is 0.670. The zero-order valence-corrected chi connectivity index (χ0v) is 13.3. The van der Waals surface area contributed by atoms with E-state index in [9.17, 15) is 14.4 Å². The summed E-state index contributed by atoms with van der Waals surface area (Å²) in [4.78, 5) is 42.3. The van der Waals surface area contributed by atoms with Crippen LogP contribution < -0.4 is 4.74 Å². The molecule has 0 bridgehead atoms. The molecule has 0 unspecified atom stereocenters. The molecule has 25 heavy (non-hydrogen) atoms. The molecule has 1 aromatic carbocycles. The summed E-state index contributed by atoms with van der Waals surface area (Å²) in [5, 5.41) is 3.85. The van der Waals surface area contributed by atoms with Gasteiger partial charge in [0.05, 0.1) is 7.11 Å². The molecule has 2 aliphatic rings. The highest BCUT2D eigenvalue weighted by atomic mass is 16.5. The van der Waals surface area contributed by atoms with Crippen LogP contribution in [-0.4, -0.2) is 50.9 Å². The van der Waals surface area contributed by atoms with Crippen LogP contribution in [0.3, 0.4) is 0 Å². The molecule has 0 N–H and O–H groups in total. The van der Waals surface area contributed by atoms with Crippen LogP contribution in [0.15, 0.2) is 28.8 Å². The highest BCUT2D eigenvalue weighted by Gasteiger charge is 2.51. The summed E-state index contributed by atoms with van der Waals surface area (Å²) < 4.78 is 10.3. The van der Waals surface area contributed by atoms with E-state index in [1.54, 1.807) is 31.4 Å². The van der Waals surface area contributed by atoms with E-state index in [1.807, 2.05) is 0 Å². The minimum Gasteiger partial charge on any atom is -0.497 e. The average Bonchev–Trinajstić information content (AvgIpc) is 3.30. The third-order valence-corrected chi connectivity index (χ3v) is 4.09. The van der Waals surface area contributed by atoms with Gasteiger partial charge in [-0.2, -0.15) is 4.98 Å². The monoisotopic (exact) mass is 342 g/mol. The van der Waals surface area contributed by atoms with Crippen LogP contribution in [0, 0.1) is 0 Å². The van der Waals surface area contributed by atoms with Crippen molar-refractivity contribution in [1.29, 1.82) is 0 Å². The molecule has 2 heterocycles. The molecule has 4 amide bonds. The van der Waals surface area contributed by atoms with Gasteiger partial charge in [-0.1, -0.05) is 17.3 Å². The number of benzene rings is 1. The van der Waals surface area contributed by atoms with Crippen LogP contribution in [0.1, 0.15) is 18.7 Å². The second kappa shape index (κ2) is 5.69. The summed E-state index contributed by atoms with van der Waals surface area (Å²) in [6.45, 7) is -0.233. The first-order chi connectivity index (χ1) is 12.1. The Morgan fingerprint density at radius 2 is 2.04 bits per heavy atom. The Hall–Kier alpha value is -3.23. The van der Waals surface area contributed by atoms with Crippen LogP contribution in [0.5, 0.6) is 5.75 Å². The molecule has 9 nitrogen and oxygen atoms in total. The Labute approximate surface area is 142 Å². The van der Waals surface area contributed by atoms with Crippen molar-refractivity contribution >= 4 is 17.8 Å². The van der Waals surface area contributed by atoms with Gasteiger partial charge in [0, 0.05) is 11.6 Å². The number of carbonyl (C=O) groups is 3. The lowest BCUT2D eigenvalue weighted by molar-refractivity contribution is -0.143. The van der Waals surface area contributed by atoms with Gasteiger partial charge in [0.1, 0.15) is 12.3 Å². The fourth-order valence-corrected chi connectivity index (χ4v) is 2.65. The molecule has 0 spiro atoms. The molecule has 2 fully saturated rings. The van der Waals surface area contributed by atoms with Crippen LogP contribution >= 0.6 is 0 Å². The fourth-order valence-electron chi connectivity index (χ4n) is 2.65. The van der Waals surface area contributed by atoms with Crippen molar-refractivity contribution < 1.29 is 23.6 Å². The van der Waals surface area contributed by atoms with Gasteiger partial charge in [-0.05, 0) is 25.0 Å². The molecule has 0 atom stereocenters. The van der Waals surface area contributed by atoms with Crippen molar-refractivity contribution in [3.63, 3.8) is 0 Å². The summed E-state index contributed by atoms with van der Waals surface area (Å²) in [6.07, 6.45) is 1.47. The first-order valence-corrected chi connectivity index (χ1v) is 7.74. The molecule has 0 radical (unpaired) electrons. The molecule has 128 valence electrons. The highest BCUT2D eigenvalue weighted by Crippen LogP contribution is 2.31. The number of nitrogens with zero attached hydrogens (tertiary/aromatic N) is 4. The van der Waals surface area contributed by atoms with Gasteiger partial charge >= 0.3 is 17.8 Å². The molecule has 4 rings (SSSR count). The Balaban J connectivity index is 1.54. The lowest BCUT2D eigenvalue weighted by Gasteiger charge is -2.12. The first-order valence-electron chi connectivity index (χ1n) is 7.74. The molecule has 2 aromatic rings. The number of hydrogen-bond donors (Lipinski definition) is 0. The topological polar surface area (TPSA) is 106 Å². The standard InChI is InChI=1S/C16H14N4O5/c1-24-11-4-2-3-9(7-11)13-17-12(25-18-13)8-19-14(21)15(22)20(16(19)23)10-5-6-10/h2-4,7,10H,5-6,8H2,1H3. The number of amides is 4. The molecule has 1 aliphatic heterocycles. The normalized spacial score (nSPS) is 17.6. The van der Waals surface area contributed by atoms with Gasteiger partial charge in [-0.15, -0.1) is 0 Å². The predicted molar refractivity (Wildman–Crippen MR) is 82.1 cm³/mol. The van der Waals surface area contributed by atoms with Crippen molar-refractivity contribution in [3.05, 3.63) is 30.2 Å². The van der Waals surface area contributed by atoms with Crippen molar-refractivity contribution in [1.82, 2.24) is 19.9 Å². The maximum Gasteiger partial charge on any atom is 0.334 e. The van der Waals surface area contributed by atoms with Crippen molar-refractivity contribution in [2.45, 2.75) is 25.4 Å². The van der Waals surface area contributed by atoms with Crippen molar-refractivity contribution in [3.8, 4) is 17.1 Å². The number of ether oxygens (including phenoxy) is 1. The number of imide groups is 2. The summed E-state index contributed by atoms with van der Waals surface area (Å²) >= 11 is 0. The summed E-state index contributed by atoms with van der Waals surface area (Å²) in [5.74, 6) is -0.638. The van der Waals surface area contributed by atoms with E-state index in [-0.39, 0.29) is 18.5 Å². The number of urea groups is 1. The van der Waals surface area contributed by atoms with E-state index in [1.165, 1.54) is 0 Å². The zero-order chi connectivity index (χ0) is 17.6. The van der Waals surface area contributed by atoms with Gasteiger partial charge in [-0.3, -0.25) is 14.5 Å². The second-order valence-electron chi connectivity index (χ2n) is 5.82. The van der Waals surface area contributed by atoms with Crippen LogP contribution in [0.4, 0.5) is 4.79 Å². The van der Waals surface area contributed by atoms with Gasteiger partial charge in [0.25, 0.3) is 0 Å². The average molecular weight is 342 g/mol. The molecular weight excluding hydrogens is 328 g/mol. The van der Waals surface area contributed by atoms with Gasteiger partial charge < -0.3 is 9.26 Å². The van der Waals surface area contributed by atoms with Crippen LogP contribution in [0.2, 0.25) is 0 Å². The van der Waals surface area contributed by atoms with Gasteiger partial charge in [0.15, 0.2) is 0 Å². The minimum atomic E-state index is -0.863. The van der Waals surface area contributed by atoms with Crippen molar-refractivity contribution in [2.75, 3.05) is 7.11 Å². The van der Waals surface area contributed by atoms with E-state index in [0.29, 0.717) is 17.1 Å². The molecule has 1 saturated carbocycles. The zero-order valence-electron chi connectivity index (χ0n) is 13.3. The lowest BCUT2D eigenvalue weighted by Crippen LogP contribution is -2.34. The first kappa shape index (κ1) is 15.3. The Morgan fingerprint density at radius 1 is 1.24 bits per heavy atom. The largest absolute Gasteiger partial charge is 0.497 e. The smallest absolute Gasteiger partial charge is 0.334 e. The predicted octanol–water partition coefficient (Wildman–Crippen LogP) is 1.20. The Morgan fingerprint density at radius 3 is 2.76 bits per heavy atom. The maximum absolute atomic E-state index is 12.3. The number of rotatable bonds is 5. The molecular formula is C16H14N4O5. The van der Waals surface area contributed by atoms with E-state index >= 15 is 0 Å². The SMILES string of the molecule is COc1cccc(-c2noc(CN3C(=O)C(=O)N(C4CC4)C3=O)n2)c1. The van der Waals surface area contributed by atoms with Crippen LogP contribution in [-0.2, 0) is 16.1 Å². The van der Waals surface area contributed by atoms with Crippen molar-refractivity contribution in [2.24, 2.45) is 0 Å². The third-order valence-electron chi connectivity index (χ3n) is 4.09. The Kier molecular flexibility index (Phi) is 3.48. The van der Waals surface area contributed by atoms with Crippen LogP contribution in [0.25, 0.3) is 11.4 Å². The molecule has 1 aromatic heterocycles. The van der Waals surface area contributed by atoms with Gasteiger partial charge in [-0.25, -0.2) is 9.69 Å². The quantitative estimate of drug-likeness (QED) is 0.593. The fraction of sp³-hybridized carbons (Fsp3) is 0.312. The van der Waals surface area contributed by atoms with E-state index < -0.39 is 17.8 Å². The second-order valence-corrected chi connectivity index (χ2v) is 5.82. The van der Waals surface area contributed by atoms with E-state index in [0.717, 1.165) is 22.6 Å². The molecule has 9 heteroatoms. The minimum absolute atomic E-state index is 0.0740. The lowest BCUT2D eigenvalue weighted by atomic mass is 10.2. The summed E-state index contributed by atoms with van der Waals surface area (Å²) in [6, 6.07) is 6.29. The summed E-state index contributed by atoms with van der Waals surface area (Å²) in [7, 11) is 1.55. The number of methoxy groups -OCH3 is 1. The number of carbonyl (C=O) groups excluding carboxylic acids is 3. The number of aromatic nitrogens is 2. The third kappa shape index (κ3) is 2.63. The Bertz CT molecular complexity index is 873. The molecule has 1 aliphatic carbocycles. The highest BCUT2D eigenvalue weighted by molar-refractivity contribution is 6.44. The maximum atomic E-state index is 12.3. The number of hydrogen-bond acceptors (Lipinski definition) is 7.